The molecule has 0 atom stereocenters. The molecule has 0 aliphatic carbocycles. The van der Waals surface area contributed by atoms with Crippen molar-refractivity contribution in [1.29, 1.82) is 5.26 Å². The van der Waals surface area contributed by atoms with Crippen LogP contribution < -0.4 is 4.90 Å². The van der Waals surface area contributed by atoms with Gasteiger partial charge in [0.2, 0.25) is 5.91 Å². The molecule has 0 radical (unpaired) electrons. The molecule has 2 amide bonds. The van der Waals surface area contributed by atoms with Crippen molar-refractivity contribution in [3.8, 4) is 6.07 Å². The highest BCUT2D eigenvalue weighted by Crippen LogP contribution is 2.37. The second-order valence-corrected chi connectivity index (χ2v) is 8.47. The van der Waals surface area contributed by atoms with E-state index in [0.717, 1.165) is 5.56 Å². The minimum absolute atomic E-state index is 0.0315. The third kappa shape index (κ3) is 3.37. The highest BCUT2D eigenvalue weighted by Gasteiger charge is 2.60. The van der Waals surface area contributed by atoms with Crippen molar-refractivity contribution in [2.24, 2.45) is 0 Å². The fraction of sp³-hybridized carbons (Fsp3) is 0.364. The van der Waals surface area contributed by atoms with Crippen LogP contribution in [0.4, 0.5) is 5.82 Å². The van der Waals surface area contributed by atoms with Crippen LogP contribution in [0, 0.1) is 11.3 Å². The topological polar surface area (TPSA) is 80.5 Å². The molecule has 7 nitrogen and oxygen atoms in total. The fourth-order valence-electron chi connectivity index (χ4n) is 4.05. The van der Waals surface area contributed by atoms with E-state index in [2.05, 4.69) is 11.1 Å². The molecule has 1 aromatic carbocycles. The summed E-state index contributed by atoms with van der Waals surface area (Å²) in [4.78, 5) is 36.2. The molecule has 1 spiro atoms. The van der Waals surface area contributed by atoms with E-state index in [1.54, 1.807) is 34.1 Å². The van der Waals surface area contributed by atoms with E-state index in [-0.39, 0.29) is 24.4 Å². The molecule has 0 bridgehead atoms. The molecule has 0 saturated carbocycles. The summed E-state index contributed by atoms with van der Waals surface area (Å²) in [5.41, 5.74) is 0.482. The number of pyridine rings is 1. The van der Waals surface area contributed by atoms with Gasteiger partial charge in [0.1, 0.15) is 18.4 Å². The zero-order valence-electron chi connectivity index (χ0n) is 16.9. The van der Waals surface area contributed by atoms with Gasteiger partial charge in [-0.3, -0.25) is 9.59 Å². The Morgan fingerprint density at radius 3 is 2.43 bits per heavy atom. The Balaban J connectivity index is 1.63. The zero-order chi connectivity index (χ0) is 21.5. The van der Waals surface area contributed by atoms with Gasteiger partial charge < -0.3 is 14.7 Å². The summed E-state index contributed by atoms with van der Waals surface area (Å²) in [6, 6.07) is 12.8. The fourth-order valence-corrected chi connectivity index (χ4v) is 4.17. The van der Waals surface area contributed by atoms with Gasteiger partial charge >= 0.3 is 0 Å². The first-order valence-corrected chi connectivity index (χ1v) is 10.2. The molecule has 2 aliphatic heterocycles. The number of anilines is 1. The maximum absolute atomic E-state index is 13.5. The summed E-state index contributed by atoms with van der Waals surface area (Å²) in [6.45, 7) is 5.02. The zero-order valence-corrected chi connectivity index (χ0v) is 17.6. The second kappa shape index (κ2) is 7.62. The van der Waals surface area contributed by atoms with E-state index in [4.69, 9.17) is 16.9 Å². The largest absolute Gasteiger partial charge is 0.351 e. The molecule has 2 fully saturated rings. The van der Waals surface area contributed by atoms with Crippen molar-refractivity contribution < 1.29 is 9.59 Å². The number of aromatic nitrogens is 1. The van der Waals surface area contributed by atoms with Crippen molar-refractivity contribution >= 4 is 29.2 Å². The lowest BCUT2D eigenvalue weighted by Gasteiger charge is -2.59. The SMILES string of the molecule is CC(C)N1CC(=O)N(Cc2ccc(Cl)cc2)C2(CN(c3ccc(C#N)cn3)C2)C1=O. The van der Waals surface area contributed by atoms with Gasteiger partial charge in [-0.15, -0.1) is 0 Å². The molecular weight excluding hydrogens is 402 g/mol. The molecule has 4 rings (SSSR count). The second-order valence-electron chi connectivity index (χ2n) is 8.04. The summed E-state index contributed by atoms with van der Waals surface area (Å²) in [7, 11) is 0. The predicted molar refractivity (Wildman–Crippen MR) is 113 cm³/mol. The number of amides is 2. The third-order valence-electron chi connectivity index (χ3n) is 5.77. The molecule has 2 aromatic rings. The number of carbonyl (C=O) groups is 2. The smallest absolute Gasteiger partial charge is 0.252 e. The van der Waals surface area contributed by atoms with Gasteiger partial charge in [0.05, 0.1) is 18.7 Å². The number of nitrogens with zero attached hydrogens (tertiary/aromatic N) is 5. The van der Waals surface area contributed by atoms with E-state index >= 15 is 0 Å². The molecule has 1 aromatic heterocycles. The highest BCUT2D eigenvalue weighted by atomic mass is 35.5. The van der Waals surface area contributed by atoms with Gasteiger partial charge in [0.15, 0.2) is 5.54 Å². The molecule has 30 heavy (non-hydrogen) atoms. The Morgan fingerprint density at radius 2 is 1.87 bits per heavy atom. The van der Waals surface area contributed by atoms with Crippen LogP contribution in [0.25, 0.3) is 0 Å². The van der Waals surface area contributed by atoms with Gasteiger partial charge in [0.25, 0.3) is 5.91 Å². The number of benzene rings is 1. The Hall–Kier alpha value is -3.11. The van der Waals surface area contributed by atoms with Gasteiger partial charge in [-0.25, -0.2) is 4.98 Å². The molecule has 3 heterocycles. The van der Waals surface area contributed by atoms with Crippen LogP contribution in [0.1, 0.15) is 25.0 Å². The Labute approximate surface area is 180 Å². The van der Waals surface area contributed by atoms with Gasteiger partial charge in [0, 0.05) is 23.8 Å². The lowest BCUT2D eigenvalue weighted by Crippen LogP contribution is -2.81. The molecule has 8 heteroatoms. The number of carbonyl (C=O) groups excluding carboxylic acids is 2. The first-order chi connectivity index (χ1) is 14.3. The van der Waals surface area contributed by atoms with E-state index in [9.17, 15) is 9.59 Å². The Morgan fingerprint density at radius 1 is 1.17 bits per heavy atom. The summed E-state index contributed by atoms with van der Waals surface area (Å²) in [5.74, 6) is 0.592. The monoisotopic (exact) mass is 423 g/mol. The molecule has 0 N–H and O–H groups in total. The van der Waals surface area contributed by atoms with Crippen LogP contribution in [0.2, 0.25) is 5.02 Å². The van der Waals surface area contributed by atoms with E-state index in [1.165, 1.54) is 6.20 Å². The van der Waals surface area contributed by atoms with Crippen LogP contribution in [-0.4, -0.2) is 57.8 Å². The summed E-state index contributed by atoms with van der Waals surface area (Å²) < 4.78 is 0. The first-order valence-electron chi connectivity index (χ1n) is 9.81. The lowest BCUT2D eigenvalue weighted by atomic mass is 9.82. The van der Waals surface area contributed by atoms with Crippen LogP contribution in [0.15, 0.2) is 42.6 Å². The Bertz CT molecular complexity index is 1010. The van der Waals surface area contributed by atoms with Gasteiger partial charge in [-0.05, 0) is 43.7 Å². The number of piperazine rings is 1. The minimum atomic E-state index is -0.922. The molecule has 2 saturated heterocycles. The molecule has 2 aliphatic rings. The molecular formula is C22H22ClN5O2. The van der Waals surface area contributed by atoms with E-state index in [1.807, 2.05) is 30.9 Å². The van der Waals surface area contributed by atoms with Crippen molar-refractivity contribution in [2.45, 2.75) is 32.0 Å². The normalized spacial score (nSPS) is 18.0. The van der Waals surface area contributed by atoms with Crippen molar-refractivity contribution in [1.82, 2.24) is 14.8 Å². The maximum Gasteiger partial charge on any atom is 0.252 e. The number of hydrogen-bond acceptors (Lipinski definition) is 5. The van der Waals surface area contributed by atoms with Crippen molar-refractivity contribution in [2.75, 3.05) is 24.5 Å². The van der Waals surface area contributed by atoms with Crippen molar-refractivity contribution in [3.05, 3.63) is 58.7 Å². The van der Waals surface area contributed by atoms with Crippen LogP contribution in [-0.2, 0) is 16.1 Å². The number of hydrogen-bond donors (Lipinski definition) is 0. The number of rotatable bonds is 4. The summed E-state index contributed by atoms with van der Waals surface area (Å²) >= 11 is 5.99. The van der Waals surface area contributed by atoms with Crippen LogP contribution >= 0.6 is 11.6 Å². The van der Waals surface area contributed by atoms with Gasteiger partial charge in [-0.1, -0.05) is 23.7 Å². The average molecular weight is 424 g/mol. The van der Waals surface area contributed by atoms with E-state index in [0.29, 0.717) is 36.0 Å². The summed E-state index contributed by atoms with van der Waals surface area (Å²) in [6.07, 6.45) is 1.51. The number of nitriles is 1. The highest BCUT2D eigenvalue weighted by molar-refractivity contribution is 6.30. The maximum atomic E-state index is 13.5. The minimum Gasteiger partial charge on any atom is -0.351 e. The standard InChI is InChI=1S/C22H22ClN5O2/c1-15(2)27-12-20(29)28(11-16-3-6-18(23)7-4-16)22(21(27)30)13-26(14-22)19-8-5-17(9-24)10-25-19/h3-8,10,15H,11-14H2,1-2H3. The third-order valence-corrected chi connectivity index (χ3v) is 6.02. The number of halogens is 1. The van der Waals surface area contributed by atoms with Gasteiger partial charge in [-0.2, -0.15) is 5.26 Å². The first kappa shape index (κ1) is 20.2. The van der Waals surface area contributed by atoms with Crippen molar-refractivity contribution in [3.63, 3.8) is 0 Å². The quantitative estimate of drug-likeness (QED) is 0.754. The molecule has 0 unspecified atom stereocenters. The Kier molecular flexibility index (Phi) is 5.12. The molecule has 154 valence electrons. The average Bonchev–Trinajstić information content (AvgIpc) is 2.71. The van der Waals surface area contributed by atoms with E-state index < -0.39 is 5.54 Å². The van der Waals surface area contributed by atoms with Crippen LogP contribution in [0.3, 0.4) is 0 Å². The predicted octanol–water partition coefficient (Wildman–Crippen LogP) is 2.44. The van der Waals surface area contributed by atoms with Crippen LogP contribution in [0.5, 0.6) is 0 Å². The summed E-state index contributed by atoms with van der Waals surface area (Å²) in [5, 5.41) is 9.59. The lowest BCUT2D eigenvalue weighted by molar-refractivity contribution is -0.170.